The smallest absolute Gasteiger partial charge is 0.0477 e. The van der Waals surface area contributed by atoms with E-state index < -0.39 is 0 Å². The molecule has 1 saturated heterocycles. The molecule has 1 saturated carbocycles. The van der Waals surface area contributed by atoms with Gasteiger partial charge in [0.25, 0.3) is 0 Å². The minimum absolute atomic E-state index is 0.499. The van der Waals surface area contributed by atoms with Gasteiger partial charge in [-0.3, -0.25) is 0 Å². The van der Waals surface area contributed by atoms with Crippen LogP contribution >= 0.6 is 0 Å². The van der Waals surface area contributed by atoms with Crippen LogP contribution in [0.1, 0.15) is 12.0 Å². The summed E-state index contributed by atoms with van der Waals surface area (Å²) in [5, 5.41) is 1.39. The molecular weight excluding hydrogens is 208 g/mol. The highest BCUT2D eigenvalue weighted by Gasteiger charge is 2.59. The summed E-state index contributed by atoms with van der Waals surface area (Å²) in [4.78, 5) is 2.48. The summed E-state index contributed by atoms with van der Waals surface area (Å²) in [6, 6.07) is 9.27. The standard InChI is InChI=1S/C15H18N2/c1-16-9-13-8-15(13,10-16)12-3-4-14-11(7-12)5-6-17(14)2/h3-7,13H,8-10H2,1-2H3. The van der Waals surface area contributed by atoms with Gasteiger partial charge in [0.05, 0.1) is 0 Å². The van der Waals surface area contributed by atoms with E-state index in [1.54, 1.807) is 5.56 Å². The van der Waals surface area contributed by atoms with Crippen molar-refractivity contribution < 1.29 is 0 Å². The molecule has 2 nitrogen and oxygen atoms in total. The Labute approximate surface area is 102 Å². The third-order valence-electron chi connectivity index (χ3n) is 4.78. The molecule has 0 amide bonds. The second-order valence-corrected chi connectivity index (χ2v) is 5.95. The van der Waals surface area contributed by atoms with E-state index in [-0.39, 0.29) is 0 Å². The van der Waals surface area contributed by atoms with Crippen LogP contribution in [-0.4, -0.2) is 29.6 Å². The zero-order valence-corrected chi connectivity index (χ0v) is 10.5. The fraction of sp³-hybridized carbons (Fsp3) is 0.467. The van der Waals surface area contributed by atoms with Crippen molar-refractivity contribution in [1.29, 1.82) is 0 Å². The highest BCUT2D eigenvalue weighted by Crippen LogP contribution is 2.58. The molecule has 88 valence electrons. The fourth-order valence-electron chi connectivity index (χ4n) is 3.77. The van der Waals surface area contributed by atoms with E-state index in [4.69, 9.17) is 0 Å². The number of aryl methyl sites for hydroxylation is 1. The molecule has 2 unspecified atom stereocenters. The number of aromatic nitrogens is 1. The van der Waals surface area contributed by atoms with Gasteiger partial charge in [-0.1, -0.05) is 6.07 Å². The SMILES string of the molecule is CN1CC2CC2(c2ccc3c(ccn3C)c2)C1. The van der Waals surface area contributed by atoms with Gasteiger partial charge < -0.3 is 9.47 Å². The van der Waals surface area contributed by atoms with Gasteiger partial charge in [0.15, 0.2) is 0 Å². The number of likely N-dealkylation sites (N-methyl/N-ethyl adjacent to an activating group) is 1. The fourth-order valence-corrected chi connectivity index (χ4v) is 3.77. The van der Waals surface area contributed by atoms with E-state index in [0.717, 1.165) is 5.92 Å². The first-order valence-corrected chi connectivity index (χ1v) is 6.43. The van der Waals surface area contributed by atoms with Crippen LogP contribution in [0, 0.1) is 5.92 Å². The van der Waals surface area contributed by atoms with Crippen molar-refractivity contribution >= 4 is 10.9 Å². The summed E-state index contributed by atoms with van der Waals surface area (Å²) in [6.07, 6.45) is 3.55. The Balaban J connectivity index is 1.82. The maximum atomic E-state index is 2.48. The van der Waals surface area contributed by atoms with Crippen molar-refractivity contribution in [3.63, 3.8) is 0 Å². The highest BCUT2D eigenvalue weighted by atomic mass is 15.2. The van der Waals surface area contributed by atoms with Crippen LogP contribution in [0.15, 0.2) is 30.5 Å². The lowest BCUT2D eigenvalue weighted by atomic mass is 9.94. The van der Waals surface area contributed by atoms with Crippen molar-refractivity contribution in [3.05, 3.63) is 36.0 Å². The minimum Gasteiger partial charge on any atom is -0.351 e. The summed E-state index contributed by atoms with van der Waals surface area (Å²) in [5.74, 6) is 0.911. The number of hydrogen-bond donors (Lipinski definition) is 0. The summed E-state index contributed by atoms with van der Waals surface area (Å²) in [7, 11) is 4.36. The number of rotatable bonds is 1. The van der Waals surface area contributed by atoms with Crippen LogP contribution in [0.25, 0.3) is 10.9 Å². The largest absolute Gasteiger partial charge is 0.351 e. The molecule has 4 rings (SSSR count). The van der Waals surface area contributed by atoms with E-state index in [0.29, 0.717) is 5.41 Å². The van der Waals surface area contributed by atoms with Gasteiger partial charge >= 0.3 is 0 Å². The zero-order valence-electron chi connectivity index (χ0n) is 10.5. The summed E-state index contributed by atoms with van der Waals surface area (Å²) in [5.41, 5.74) is 3.40. The topological polar surface area (TPSA) is 8.17 Å². The molecule has 1 aromatic carbocycles. The Bertz CT molecular complexity index is 598. The lowest BCUT2D eigenvalue weighted by molar-refractivity contribution is 0.363. The van der Waals surface area contributed by atoms with Gasteiger partial charge in [-0.05, 0) is 48.5 Å². The summed E-state index contributed by atoms with van der Waals surface area (Å²) < 4.78 is 2.20. The molecule has 2 heterocycles. The highest BCUT2D eigenvalue weighted by molar-refractivity contribution is 5.81. The maximum Gasteiger partial charge on any atom is 0.0477 e. The minimum atomic E-state index is 0.499. The van der Waals surface area contributed by atoms with Crippen molar-refractivity contribution in [2.24, 2.45) is 13.0 Å². The predicted octanol–water partition coefficient (Wildman–Crippen LogP) is 2.38. The molecule has 1 aromatic heterocycles. The zero-order chi connectivity index (χ0) is 11.6. The summed E-state index contributed by atoms with van der Waals surface area (Å²) in [6.45, 7) is 2.53. The Hall–Kier alpha value is -1.28. The van der Waals surface area contributed by atoms with Crippen molar-refractivity contribution in [2.45, 2.75) is 11.8 Å². The molecule has 2 fully saturated rings. The summed E-state index contributed by atoms with van der Waals surface area (Å²) >= 11 is 0. The number of nitrogens with zero attached hydrogens (tertiary/aromatic N) is 2. The van der Waals surface area contributed by atoms with Crippen LogP contribution in [0.4, 0.5) is 0 Å². The molecule has 2 heteroatoms. The monoisotopic (exact) mass is 226 g/mol. The lowest BCUT2D eigenvalue weighted by Gasteiger charge is -2.16. The molecule has 0 bridgehead atoms. The van der Waals surface area contributed by atoms with Gasteiger partial charge in [-0.25, -0.2) is 0 Å². The van der Waals surface area contributed by atoms with Crippen LogP contribution in [0.3, 0.4) is 0 Å². The Morgan fingerprint density at radius 1 is 1.24 bits per heavy atom. The third kappa shape index (κ3) is 1.19. The normalized spacial score (nSPS) is 32.0. The molecule has 17 heavy (non-hydrogen) atoms. The predicted molar refractivity (Wildman–Crippen MR) is 70.2 cm³/mol. The average molecular weight is 226 g/mol. The van der Waals surface area contributed by atoms with Crippen molar-refractivity contribution in [2.75, 3.05) is 20.1 Å². The first-order chi connectivity index (χ1) is 8.19. The van der Waals surface area contributed by atoms with Crippen LogP contribution < -0.4 is 0 Å². The molecule has 0 N–H and O–H groups in total. The Morgan fingerprint density at radius 3 is 2.88 bits per heavy atom. The van der Waals surface area contributed by atoms with Crippen LogP contribution in [0.5, 0.6) is 0 Å². The van der Waals surface area contributed by atoms with Gasteiger partial charge in [-0.15, -0.1) is 0 Å². The molecular formula is C15H18N2. The third-order valence-corrected chi connectivity index (χ3v) is 4.78. The van der Waals surface area contributed by atoms with Gasteiger partial charge in [0.1, 0.15) is 0 Å². The molecule has 0 spiro atoms. The lowest BCUT2D eigenvalue weighted by Crippen LogP contribution is -2.22. The molecule has 1 aliphatic heterocycles. The van der Waals surface area contributed by atoms with Crippen molar-refractivity contribution in [3.8, 4) is 0 Å². The van der Waals surface area contributed by atoms with E-state index in [1.807, 2.05) is 0 Å². The second kappa shape index (κ2) is 2.94. The molecule has 2 aromatic rings. The molecule has 1 aliphatic carbocycles. The Morgan fingerprint density at radius 2 is 2.12 bits per heavy atom. The van der Waals surface area contributed by atoms with Gasteiger partial charge in [-0.2, -0.15) is 0 Å². The number of benzene rings is 1. The van der Waals surface area contributed by atoms with Crippen LogP contribution in [0.2, 0.25) is 0 Å². The van der Waals surface area contributed by atoms with Gasteiger partial charge in [0.2, 0.25) is 0 Å². The molecule has 2 aliphatic rings. The maximum absolute atomic E-state index is 2.48. The van der Waals surface area contributed by atoms with E-state index in [2.05, 4.69) is 54.0 Å². The Kier molecular flexibility index (Phi) is 1.68. The van der Waals surface area contributed by atoms with E-state index in [9.17, 15) is 0 Å². The van der Waals surface area contributed by atoms with Gasteiger partial charge in [0, 0.05) is 37.3 Å². The quantitative estimate of drug-likeness (QED) is 0.725. The number of hydrogen-bond acceptors (Lipinski definition) is 1. The molecule has 2 atom stereocenters. The van der Waals surface area contributed by atoms with E-state index >= 15 is 0 Å². The van der Waals surface area contributed by atoms with Crippen molar-refractivity contribution in [1.82, 2.24) is 9.47 Å². The number of likely N-dealkylation sites (tertiary alicyclic amines) is 1. The number of fused-ring (bicyclic) bond motifs is 2. The number of piperidine rings is 1. The first-order valence-electron chi connectivity index (χ1n) is 6.43. The van der Waals surface area contributed by atoms with E-state index in [1.165, 1.54) is 30.4 Å². The molecule has 0 radical (unpaired) electrons. The first kappa shape index (κ1) is 9.72. The average Bonchev–Trinajstić information content (AvgIpc) is 2.71. The van der Waals surface area contributed by atoms with Crippen LogP contribution in [-0.2, 0) is 12.5 Å². The second-order valence-electron chi connectivity index (χ2n) is 5.95.